The van der Waals surface area contributed by atoms with Crippen molar-refractivity contribution < 1.29 is 48.2 Å². The number of nitrogens with zero attached hydrogens (tertiary/aromatic N) is 6. The van der Waals surface area contributed by atoms with Gasteiger partial charge in [-0.2, -0.15) is 0 Å². The molecule has 3 aromatic carbocycles. The first-order valence-electron chi connectivity index (χ1n) is 25.1. The molecule has 26 heteroatoms. The van der Waals surface area contributed by atoms with E-state index in [1.165, 1.54) is 23.3 Å². The van der Waals surface area contributed by atoms with E-state index in [0.29, 0.717) is 44.9 Å². The molecule has 7 atom stereocenters. The highest BCUT2D eigenvalue weighted by molar-refractivity contribution is 8.00. The number of amides is 8. The van der Waals surface area contributed by atoms with Crippen LogP contribution in [-0.4, -0.2) is 151 Å². The van der Waals surface area contributed by atoms with Crippen LogP contribution in [0.1, 0.15) is 79.7 Å². The normalized spacial score (nSPS) is 22.7. The van der Waals surface area contributed by atoms with E-state index in [9.17, 15) is 43.5 Å². The molecule has 23 nitrogen and oxygen atoms in total. The van der Waals surface area contributed by atoms with E-state index in [2.05, 4.69) is 47.1 Å². The van der Waals surface area contributed by atoms with E-state index in [4.69, 9.17) is 27.1 Å². The van der Waals surface area contributed by atoms with Crippen LogP contribution < -0.4 is 42.4 Å². The summed E-state index contributed by atoms with van der Waals surface area (Å²) in [6.45, 7) is 7.19. The first-order chi connectivity index (χ1) is 37.6. The van der Waals surface area contributed by atoms with Gasteiger partial charge in [-0.05, 0) is 60.7 Å². The van der Waals surface area contributed by atoms with E-state index in [0.717, 1.165) is 27.9 Å². The summed E-state index contributed by atoms with van der Waals surface area (Å²) in [5, 5.41) is 35.9. The molecule has 8 amide bonds. The number of methoxy groups -OCH3 is 1. The topological polar surface area (TPSA) is 323 Å². The zero-order valence-electron chi connectivity index (χ0n) is 44.0. The number of nitrogens with one attached hydrogen (secondary N) is 6. The molecule has 5 aromatic rings. The molecule has 9 N–H and O–H groups in total. The quantitative estimate of drug-likeness (QED) is 0.104. The minimum atomic E-state index is -1.60. The predicted octanol–water partition coefficient (Wildman–Crippen LogP) is 1.74. The average molecular weight is 1140 g/mol. The Morgan fingerprint density at radius 2 is 1.62 bits per heavy atom. The fourth-order valence-corrected chi connectivity index (χ4v) is 11.2. The van der Waals surface area contributed by atoms with Gasteiger partial charge in [-0.1, -0.05) is 68.8 Å². The largest absolute Gasteiger partial charge is 0.497 e. The highest BCUT2D eigenvalue weighted by Gasteiger charge is 2.45. The SMILES string of the molecule is COc1ccc2c(c1)C(c1ccc(Cl)cc1)=N[C@@H](CC(=O)NC[C@H]1NC(=O)CNC(=O)[C@H](c3ccc(-c4scnc4C)cc3)NC(=O)[C@@H]3C[C@@H](O)CN3C(=O)[C@H](C(C)(C)C)NC(=O)CSC[C@H](C(N)=O)NC1=O)c1nnc(C)n1-2. The number of primary amides is 1. The van der Waals surface area contributed by atoms with Crippen LogP contribution in [0.4, 0.5) is 0 Å². The number of aliphatic hydroxyl groups excluding tert-OH is 1. The number of fused-ring (bicyclic) bond motifs is 4. The Bertz CT molecular complexity index is 3200. The number of aliphatic hydroxyl groups is 1. The van der Waals surface area contributed by atoms with E-state index in [1.54, 1.807) is 92.4 Å². The summed E-state index contributed by atoms with van der Waals surface area (Å²) in [4.78, 5) is 123. The predicted molar refractivity (Wildman–Crippen MR) is 294 cm³/mol. The number of hydrogen-bond donors (Lipinski definition) is 8. The molecule has 0 aliphatic carbocycles. The monoisotopic (exact) mass is 1140 g/mol. The molecule has 2 saturated heterocycles. The summed E-state index contributed by atoms with van der Waals surface area (Å²) >= 11 is 8.61. The van der Waals surface area contributed by atoms with Crippen molar-refractivity contribution in [2.24, 2.45) is 16.1 Å². The molecule has 8 rings (SSSR count). The summed E-state index contributed by atoms with van der Waals surface area (Å²) < 4.78 is 7.36. The number of rotatable bonds is 9. The van der Waals surface area contributed by atoms with Crippen LogP contribution in [0.5, 0.6) is 5.75 Å². The number of ether oxygens (including phenoxy) is 1. The van der Waals surface area contributed by atoms with Gasteiger partial charge in [-0.15, -0.1) is 33.3 Å². The van der Waals surface area contributed by atoms with Crippen molar-refractivity contribution in [2.75, 3.05) is 38.2 Å². The van der Waals surface area contributed by atoms with Crippen LogP contribution in [0, 0.1) is 19.3 Å². The van der Waals surface area contributed by atoms with Crippen molar-refractivity contribution in [2.45, 2.75) is 89.8 Å². The highest BCUT2D eigenvalue weighted by Crippen LogP contribution is 2.35. The molecule has 416 valence electrons. The number of halogens is 1. The molecule has 0 unspecified atom stereocenters. The molecule has 3 aliphatic rings. The maximum absolute atomic E-state index is 14.4. The van der Waals surface area contributed by atoms with Crippen molar-refractivity contribution in [3.63, 3.8) is 0 Å². The van der Waals surface area contributed by atoms with Crippen LogP contribution in [0.25, 0.3) is 16.1 Å². The van der Waals surface area contributed by atoms with Crippen molar-refractivity contribution in [3.05, 3.63) is 111 Å². The van der Waals surface area contributed by atoms with Crippen LogP contribution >= 0.6 is 34.7 Å². The van der Waals surface area contributed by atoms with E-state index in [-0.39, 0.29) is 36.5 Å². The second-order valence-electron chi connectivity index (χ2n) is 20.2. The van der Waals surface area contributed by atoms with E-state index >= 15 is 0 Å². The number of aliphatic imine (C=N–C) groups is 1. The summed E-state index contributed by atoms with van der Waals surface area (Å²) in [7, 11) is 1.54. The van der Waals surface area contributed by atoms with Crippen molar-refractivity contribution >= 4 is 87.7 Å². The summed E-state index contributed by atoms with van der Waals surface area (Å²) in [5.74, 6) is -5.61. The fraction of sp³-hybridized carbons (Fsp3) is 0.396. The average Bonchev–Trinajstić information content (AvgIpc) is 4.24. The molecule has 0 radical (unpaired) electrons. The Labute approximate surface area is 467 Å². The van der Waals surface area contributed by atoms with Gasteiger partial charge in [-0.3, -0.25) is 47.9 Å². The smallest absolute Gasteiger partial charge is 0.247 e. The molecule has 5 heterocycles. The molecule has 3 aliphatic heterocycles. The molecule has 2 aromatic heterocycles. The summed E-state index contributed by atoms with van der Waals surface area (Å²) in [6.07, 6.45) is -1.64. The lowest BCUT2D eigenvalue weighted by atomic mass is 9.85. The minimum absolute atomic E-state index is 0.185. The summed E-state index contributed by atoms with van der Waals surface area (Å²) in [5.41, 5.74) is 10.9. The molecular weight excluding hydrogens is 1080 g/mol. The highest BCUT2D eigenvalue weighted by atomic mass is 35.5. The molecule has 0 spiro atoms. The molecule has 2 fully saturated rings. The maximum Gasteiger partial charge on any atom is 0.247 e. The van der Waals surface area contributed by atoms with Gasteiger partial charge in [0.15, 0.2) is 5.82 Å². The molecule has 0 saturated carbocycles. The molecular formula is C53H60ClN13O10S2. The fourth-order valence-electron chi connectivity index (χ4n) is 9.37. The Morgan fingerprint density at radius 3 is 2.29 bits per heavy atom. The van der Waals surface area contributed by atoms with Gasteiger partial charge in [-0.25, -0.2) is 4.98 Å². The third-order valence-corrected chi connectivity index (χ3v) is 15.7. The van der Waals surface area contributed by atoms with Crippen molar-refractivity contribution in [1.82, 2.24) is 56.5 Å². The first-order valence-corrected chi connectivity index (χ1v) is 27.6. The van der Waals surface area contributed by atoms with Gasteiger partial charge in [0.2, 0.25) is 47.3 Å². The first kappa shape index (κ1) is 57.4. The van der Waals surface area contributed by atoms with Crippen LogP contribution in [-0.2, 0) is 38.4 Å². The number of benzene rings is 3. The molecule has 79 heavy (non-hydrogen) atoms. The number of carbonyl (C=O) groups is 8. The lowest BCUT2D eigenvalue weighted by Crippen LogP contribution is -2.58. The van der Waals surface area contributed by atoms with Gasteiger partial charge < -0.3 is 52.4 Å². The maximum atomic E-state index is 14.4. The van der Waals surface area contributed by atoms with Crippen molar-refractivity contribution in [1.29, 1.82) is 0 Å². The number of hydrogen-bond acceptors (Lipinski definition) is 16. The lowest BCUT2D eigenvalue weighted by Gasteiger charge is -2.35. The Hall–Kier alpha value is -7.74. The Kier molecular flexibility index (Phi) is 17.8. The van der Waals surface area contributed by atoms with Gasteiger partial charge in [0.1, 0.15) is 47.8 Å². The number of aryl methyl sites for hydroxylation is 2. The molecule has 0 bridgehead atoms. The standard InChI is InChI=1S/C53H60ClN13O10S2/c1-26-45(79-25-58-26)30-9-7-29(8-10-30)44-51(75)57-21-41(70)59-36(49(73)61-37(47(55)72)23-78-24-42(71)62-46(53(3,4)5)52(76)66-22-32(68)17-39(66)50(74)63-44)20-56-40(69)19-35-48-65-64-27(2)67(48)38-16-15-33(77-6)18-34(38)43(60-35)28-11-13-31(54)14-12-28/h7-16,18,25,32,35-37,39,44,46,68H,17,19-24H2,1-6H3,(H2,55,72)(H,56,69)(H,57,75)(H,59,70)(H,61,73)(H,62,71)(H,63,74)/t32-,35+,36-,37-,39+,44+,46-/m1/s1. The zero-order chi connectivity index (χ0) is 56.9. The second-order valence-corrected chi connectivity index (χ2v) is 22.6. The van der Waals surface area contributed by atoms with Crippen LogP contribution in [0.2, 0.25) is 5.02 Å². The van der Waals surface area contributed by atoms with Crippen LogP contribution in [0.3, 0.4) is 0 Å². The number of nitrogens with two attached hydrogens (primary N) is 1. The number of thioether (sulfide) groups is 1. The van der Waals surface area contributed by atoms with Crippen LogP contribution in [0.15, 0.2) is 77.2 Å². The third kappa shape index (κ3) is 13.4. The number of carbonyl (C=O) groups excluding carboxylic acids is 8. The van der Waals surface area contributed by atoms with Gasteiger partial charge in [0, 0.05) is 41.4 Å². The summed E-state index contributed by atoms with van der Waals surface area (Å²) in [6, 6.07) is 11.2. The van der Waals surface area contributed by atoms with Gasteiger partial charge >= 0.3 is 0 Å². The number of thiazole rings is 1. The second kappa shape index (κ2) is 24.5. The Balaban J connectivity index is 1.08. The van der Waals surface area contributed by atoms with Crippen molar-refractivity contribution in [3.8, 4) is 21.9 Å². The van der Waals surface area contributed by atoms with Gasteiger partial charge in [0.05, 0.1) is 59.4 Å². The zero-order valence-corrected chi connectivity index (χ0v) is 46.4. The Morgan fingerprint density at radius 1 is 0.899 bits per heavy atom. The van der Waals surface area contributed by atoms with Gasteiger partial charge in [0.25, 0.3) is 0 Å². The van der Waals surface area contributed by atoms with E-state index < -0.39 is 108 Å². The minimum Gasteiger partial charge on any atom is -0.497 e. The third-order valence-electron chi connectivity index (χ3n) is 13.5. The van der Waals surface area contributed by atoms with E-state index in [1.807, 2.05) is 19.1 Å². The number of aromatic nitrogens is 4. The lowest BCUT2D eigenvalue weighted by molar-refractivity contribution is -0.144.